The van der Waals surface area contributed by atoms with Crippen molar-refractivity contribution in [1.29, 1.82) is 0 Å². The van der Waals surface area contributed by atoms with Crippen LogP contribution in [0, 0.1) is 6.92 Å². The maximum atomic E-state index is 12.6. The average molecular weight is 327 g/mol. The smallest absolute Gasteiger partial charge is 0.343 e. The molecule has 22 heavy (non-hydrogen) atoms. The number of hydrogen-bond donors (Lipinski definition) is 0. The number of methoxy groups -OCH3 is 1. The summed E-state index contributed by atoms with van der Waals surface area (Å²) >= 11 is 0. The Bertz CT molecular complexity index is 635. The van der Waals surface area contributed by atoms with E-state index in [1.807, 2.05) is 0 Å². The summed E-state index contributed by atoms with van der Waals surface area (Å²) in [6, 6.07) is 4.68. The molecule has 0 amide bonds. The Balaban J connectivity index is 2.15. The fraction of sp³-hybridized carbons (Fsp3) is 0.533. The van der Waals surface area contributed by atoms with E-state index in [9.17, 15) is 13.2 Å². The summed E-state index contributed by atoms with van der Waals surface area (Å²) in [6.45, 7) is 2.70. The van der Waals surface area contributed by atoms with Crippen LogP contribution in [0.2, 0.25) is 0 Å². The lowest BCUT2D eigenvalue weighted by Crippen LogP contribution is -2.35. The van der Waals surface area contributed by atoms with Crippen molar-refractivity contribution < 1.29 is 22.7 Å². The van der Waals surface area contributed by atoms with Crippen LogP contribution in [0.15, 0.2) is 23.1 Å². The molecular formula is C15H21NO5S. The van der Waals surface area contributed by atoms with E-state index < -0.39 is 16.0 Å². The van der Waals surface area contributed by atoms with Gasteiger partial charge in [0, 0.05) is 13.1 Å². The molecule has 0 radical (unpaired) electrons. The summed E-state index contributed by atoms with van der Waals surface area (Å²) in [5, 5.41) is 0. The average Bonchev–Trinajstić information content (AvgIpc) is 2.54. The molecule has 1 aliphatic rings. The molecule has 0 spiro atoms. The zero-order valence-electron chi connectivity index (χ0n) is 12.9. The number of carbonyl (C=O) groups excluding carboxylic acids is 1. The standard InChI is InChI=1S/C15H21NO5S/c1-12-10-13(6-7-14(12)21-11-15(17)20-2)22(18,19)16-8-4-3-5-9-16/h6-7,10H,3-5,8-9,11H2,1-2H3. The van der Waals surface area contributed by atoms with Gasteiger partial charge in [-0.3, -0.25) is 0 Å². The van der Waals surface area contributed by atoms with Crippen molar-refractivity contribution in [2.24, 2.45) is 0 Å². The van der Waals surface area contributed by atoms with E-state index in [0.717, 1.165) is 19.3 Å². The maximum Gasteiger partial charge on any atom is 0.343 e. The largest absolute Gasteiger partial charge is 0.482 e. The van der Waals surface area contributed by atoms with Gasteiger partial charge in [-0.25, -0.2) is 13.2 Å². The molecule has 1 heterocycles. The lowest BCUT2D eigenvalue weighted by atomic mass is 10.2. The first kappa shape index (κ1) is 16.8. The Morgan fingerprint density at radius 2 is 1.91 bits per heavy atom. The van der Waals surface area contributed by atoms with Gasteiger partial charge >= 0.3 is 5.97 Å². The minimum atomic E-state index is -3.45. The van der Waals surface area contributed by atoms with Crippen LogP contribution in [0.3, 0.4) is 0 Å². The molecule has 0 aliphatic carbocycles. The third kappa shape index (κ3) is 3.78. The van der Waals surface area contributed by atoms with Gasteiger partial charge in [0.25, 0.3) is 0 Å². The molecular weight excluding hydrogens is 306 g/mol. The summed E-state index contributed by atoms with van der Waals surface area (Å²) in [5.41, 5.74) is 0.669. The molecule has 0 saturated carbocycles. The predicted molar refractivity (Wildman–Crippen MR) is 81.3 cm³/mol. The maximum absolute atomic E-state index is 12.6. The van der Waals surface area contributed by atoms with Crippen LogP contribution in [-0.4, -0.2) is 45.5 Å². The zero-order chi connectivity index (χ0) is 16.2. The lowest BCUT2D eigenvalue weighted by Gasteiger charge is -2.26. The van der Waals surface area contributed by atoms with Crippen molar-refractivity contribution in [3.8, 4) is 5.75 Å². The molecule has 0 bridgehead atoms. The Labute approximate surface area is 131 Å². The molecule has 1 aromatic carbocycles. The second-order valence-electron chi connectivity index (χ2n) is 5.26. The summed E-state index contributed by atoms with van der Waals surface area (Å²) in [5.74, 6) is -0.00703. The van der Waals surface area contributed by atoms with Crippen molar-refractivity contribution in [3.05, 3.63) is 23.8 Å². The fourth-order valence-corrected chi connectivity index (χ4v) is 4.00. The van der Waals surface area contributed by atoms with E-state index >= 15 is 0 Å². The van der Waals surface area contributed by atoms with Crippen LogP contribution in [0.25, 0.3) is 0 Å². The number of benzene rings is 1. The Morgan fingerprint density at radius 1 is 1.23 bits per heavy atom. The molecule has 1 saturated heterocycles. The van der Waals surface area contributed by atoms with Crippen LogP contribution < -0.4 is 4.74 Å². The summed E-state index contributed by atoms with van der Waals surface area (Å²) in [7, 11) is -2.17. The van der Waals surface area contributed by atoms with Gasteiger partial charge in [0.15, 0.2) is 6.61 Å². The quantitative estimate of drug-likeness (QED) is 0.770. The molecule has 7 heteroatoms. The second-order valence-corrected chi connectivity index (χ2v) is 7.19. The molecule has 0 aromatic heterocycles. The summed E-state index contributed by atoms with van der Waals surface area (Å²) < 4.78 is 36.5. The minimum Gasteiger partial charge on any atom is -0.482 e. The molecule has 6 nitrogen and oxygen atoms in total. The topological polar surface area (TPSA) is 72.9 Å². The lowest BCUT2D eigenvalue weighted by molar-refractivity contribution is -0.142. The Morgan fingerprint density at radius 3 is 2.50 bits per heavy atom. The SMILES string of the molecule is COC(=O)COc1ccc(S(=O)(=O)N2CCCCC2)cc1C. The second kappa shape index (κ2) is 7.11. The molecule has 122 valence electrons. The van der Waals surface area contributed by atoms with Crippen LogP contribution in [0.4, 0.5) is 0 Å². The van der Waals surface area contributed by atoms with Crippen LogP contribution in [-0.2, 0) is 19.6 Å². The number of esters is 1. The van der Waals surface area contributed by atoms with E-state index in [4.69, 9.17) is 4.74 Å². The van der Waals surface area contributed by atoms with Crippen molar-refractivity contribution in [1.82, 2.24) is 4.31 Å². The molecule has 1 aliphatic heterocycles. The number of ether oxygens (including phenoxy) is 2. The normalized spacial score (nSPS) is 16.3. The van der Waals surface area contributed by atoms with Crippen molar-refractivity contribution in [3.63, 3.8) is 0 Å². The zero-order valence-corrected chi connectivity index (χ0v) is 13.7. The van der Waals surface area contributed by atoms with Gasteiger partial charge in [-0.15, -0.1) is 0 Å². The first-order chi connectivity index (χ1) is 10.4. The number of aryl methyl sites for hydroxylation is 1. The van der Waals surface area contributed by atoms with E-state index in [1.54, 1.807) is 19.1 Å². The third-order valence-corrected chi connectivity index (χ3v) is 5.57. The Hall–Kier alpha value is -1.60. The van der Waals surface area contributed by atoms with E-state index in [-0.39, 0.29) is 11.5 Å². The van der Waals surface area contributed by atoms with Crippen LogP contribution >= 0.6 is 0 Å². The van der Waals surface area contributed by atoms with Gasteiger partial charge < -0.3 is 9.47 Å². The highest BCUT2D eigenvalue weighted by Crippen LogP contribution is 2.25. The summed E-state index contributed by atoms with van der Waals surface area (Å²) in [4.78, 5) is 11.3. The molecule has 0 unspecified atom stereocenters. The molecule has 0 N–H and O–H groups in total. The summed E-state index contributed by atoms with van der Waals surface area (Å²) in [6.07, 6.45) is 2.88. The van der Waals surface area contributed by atoms with Crippen LogP contribution in [0.5, 0.6) is 5.75 Å². The molecule has 1 aromatic rings. The van der Waals surface area contributed by atoms with Gasteiger partial charge in [0.1, 0.15) is 5.75 Å². The number of carbonyl (C=O) groups is 1. The number of piperidine rings is 1. The van der Waals surface area contributed by atoms with E-state index in [0.29, 0.717) is 24.4 Å². The van der Waals surface area contributed by atoms with Gasteiger partial charge in [0.2, 0.25) is 10.0 Å². The highest BCUT2D eigenvalue weighted by atomic mass is 32.2. The highest BCUT2D eigenvalue weighted by molar-refractivity contribution is 7.89. The third-order valence-electron chi connectivity index (χ3n) is 3.67. The number of nitrogens with zero attached hydrogens (tertiary/aromatic N) is 1. The first-order valence-electron chi connectivity index (χ1n) is 7.25. The van der Waals surface area contributed by atoms with Crippen molar-refractivity contribution in [2.75, 3.05) is 26.8 Å². The number of rotatable bonds is 5. The van der Waals surface area contributed by atoms with Crippen molar-refractivity contribution in [2.45, 2.75) is 31.1 Å². The van der Waals surface area contributed by atoms with Gasteiger partial charge in [0.05, 0.1) is 12.0 Å². The molecule has 0 atom stereocenters. The number of sulfonamides is 1. The predicted octanol–water partition coefficient (Wildman–Crippen LogP) is 1.72. The fourth-order valence-electron chi connectivity index (χ4n) is 2.39. The molecule has 2 rings (SSSR count). The van der Waals surface area contributed by atoms with Crippen LogP contribution in [0.1, 0.15) is 24.8 Å². The van der Waals surface area contributed by atoms with E-state index in [1.165, 1.54) is 17.5 Å². The minimum absolute atomic E-state index is 0.199. The van der Waals surface area contributed by atoms with Gasteiger partial charge in [-0.1, -0.05) is 6.42 Å². The molecule has 1 fully saturated rings. The van der Waals surface area contributed by atoms with Crippen molar-refractivity contribution >= 4 is 16.0 Å². The monoisotopic (exact) mass is 327 g/mol. The van der Waals surface area contributed by atoms with Gasteiger partial charge in [-0.05, 0) is 43.5 Å². The first-order valence-corrected chi connectivity index (χ1v) is 8.69. The number of hydrogen-bond acceptors (Lipinski definition) is 5. The highest BCUT2D eigenvalue weighted by Gasteiger charge is 2.26. The Kier molecular flexibility index (Phi) is 5.42. The van der Waals surface area contributed by atoms with Gasteiger partial charge in [-0.2, -0.15) is 4.31 Å². The van der Waals surface area contributed by atoms with E-state index in [2.05, 4.69) is 4.74 Å².